The van der Waals surface area contributed by atoms with Crippen molar-refractivity contribution in [1.29, 1.82) is 0 Å². The number of hydrogen-bond donors (Lipinski definition) is 0. The fourth-order valence-electron chi connectivity index (χ4n) is 4.49. The van der Waals surface area contributed by atoms with Crippen LogP contribution in [0.5, 0.6) is 5.75 Å². The fraction of sp³-hybridized carbons (Fsp3) is 0.458. The van der Waals surface area contributed by atoms with Crippen LogP contribution in [0.4, 0.5) is 26.3 Å². The van der Waals surface area contributed by atoms with Crippen molar-refractivity contribution >= 4 is 25.6 Å². The maximum absolute atomic E-state index is 13.3. The normalized spacial score (nSPS) is 16.3. The molecule has 2 aromatic carbocycles. The first-order chi connectivity index (χ1) is 17.6. The van der Waals surface area contributed by atoms with Gasteiger partial charge in [0.2, 0.25) is 0 Å². The maximum atomic E-state index is 13.3. The summed E-state index contributed by atoms with van der Waals surface area (Å²) in [5, 5.41) is 0. The van der Waals surface area contributed by atoms with Gasteiger partial charge in [-0.15, -0.1) is 13.2 Å². The van der Waals surface area contributed by atoms with Crippen LogP contribution < -0.4 is 4.74 Å². The number of piperidine rings is 1. The van der Waals surface area contributed by atoms with E-state index in [1.165, 1.54) is 18.7 Å². The van der Waals surface area contributed by atoms with E-state index in [0.717, 1.165) is 36.6 Å². The van der Waals surface area contributed by atoms with Gasteiger partial charge in [-0.05, 0) is 69.0 Å². The lowest BCUT2D eigenvalue weighted by Gasteiger charge is -2.40. The lowest BCUT2D eigenvalue weighted by molar-refractivity contribution is -0.274. The maximum Gasteiger partial charge on any atom is 0.573 e. The topological polar surface area (TPSA) is 97.8 Å². The highest BCUT2D eigenvalue weighted by molar-refractivity contribution is 7.92. The van der Waals surface area contributed by atoms with Crippen LogP contribution in [0.15, 0.2) is 52.3 Å². The molecule has 15 heteroatoms. The van der Waals surface area contributed by atoms with Gasteiger partial charge in [0.25, 0.3) is 5.91 Å². The minimum atomic E-state index is -5.08. The number of amides is 1. The Morgan fingerprint density at radius 2 is 1.51 bits per heavy atom. The van der Waals surface area contributed by atoms with E-state index in [1.807, 2.05) is 0 Å². The number of rotatable bonds is 6. The van der Waals surface area contributed by atoms with E-state index >= 15 is 0 Å². The SMILES string of the molecule is CC(C)(C1CCN(C(=O)c2ccc(OC(F)(F)F)cc2S(C)(=O)=O)CC1)S(=O)(=O)c1cccc(C(F)(F)F)c1. The Morgan fingerprint density at radius 3 is 2.03 bits per heavy atom. The minimum absolute atomic E-state index is 0.0188. The molecule has 0 saturated carbocycles. The third-order valence-electron chi connectivity index (χ3n) is 6.75. The number of sulfone groups is 2. The zero-order valence-corrected chi connectivity index (χ0v) is 22.6. The highest BCUT2D eigenvalue weighted by Gasteiger charge is 2.45. The lowest BCUT2D eigenvalue weighted by Crippen LogP contribution is -2.47. The van der Waals surface area contributed by atoms with Gasteiger partial charge in [-0.1, -0.05) is 6.07 Å². The average molecular weight is 602 g/mol. The molecule has 0 aromatic heterocycles. The fourth-order valence-corrected chi connectivity index (χ4v) is 7.20. The smallest absolute Gasteiger partial charge is 0.406 e. The molecule has 1 fully saturated rings. The van der Waals surface area contributed by atoms with Gasteiger partial charge < -0.3 is 9.64 Å². The predicted molar refractivity (Wildman–Crippen MR) is 128 cm³/mol. The van der Waals surface area contributed by atoms with Crippen molar-refractivity contribution in [3.8, 4) is 5.75 Å². The minimum Gasteiger partial charge on any atom is -0.406 e. The van der Waals surface area contributed by atoms with Gasteiger partial charge in [0.1, 0.15) is 5.75 Å². The Morgan fingerprint density at radius 1 is 0.923 bits per heavy atom. The second-order valence-electron chi connectivity index (χ2n) is 9.68. The second-order valence-corrected chi connectivity index (χ2v) is 14.2. The van der Waals surface area contributed by atoms with Gasteiger partial charge in [0, 0.05) is 19.3 Å². The molecule has 1 aliphatic heterocycles. The Hall–Kier alpha value is -2.81. The summed E-state index contributed by atoms with van der Waals surface area (Å²) in [7, 11) is -8.39. The van der Waals surface area contributed by atoms with Crippen LogP contribution in [0.2, 0.25) is 0 Å². The average Bonchev–Trinajstić information content (AvgIpc) is 2.81. The standard InChI is InChI=1S/C24H25F6NO6S2/c1-22(2,39(35,36)18-6-4-5-16(13-18)23(25,26)27)15-9-11-31(12-10-15)21(32)19-8-7-17(37-24(28,29)30)14-20(19)38(3,33)34/h4-8,13-15H,9-12H2,1-3H3. The van der Waals surface area contributed by atoms with E-state index in [-0.39, 0.29) is 31.5 Å². The van der Waals surface area contributed by atoms with Crippen LogP contribution in [-0.2, 0) is 25.9 Å². The Balaban J connectivity index is 1.82. The van der Waals surface area contributed by atoms with Crippen LogP contribution in [0.3, 0.4) is 0 Å². The molecule has 1 saturated heterocycles. The Kier molecular flexibility index (Phi) is 8.12. The molecule has 3 rings (SSSR count). The number of ether oxygens (including phenoxy) is 1. The van der Waals surface area contributed by atoms with Crippen molar-refractivity contribution < 1.29 is 52.7 Å². The number of nitrogens with zero attached hydrogens (tertiary/aromatic N) is 1. The molecule has 1 aliphatic rings. The van der Waals surface area contributed by atoms with E-state index in [1.54, 1.807) is 0 Å². The molecule has 0 N–H and O–H groups in total. The van der Waals surface area contributed by atoms with Crippen molar-refractivity contribution in [3.63, 3.8) is 0 Å². The van der Waals surface area contributed by atoms with Crippen molar-refractivity contribution in [3.05, 3.63) is 53.6 Å². The molecular weight excluding hydrogens is 576 g/mol. The van der Waals surface area contributed by atoms with Crippen molar-refractivity contribution in [1.82, 2.24) is 4.90 Å². The van der Waals surface area contributed by atoms with Crippen LogP contribution in [0.1, 0.15) is 42.6 Å². The van der Waals surface area contributed by atoms with Crippen LogP contribution in [0, 0.1) is 5.92 Å². The van der Waals surface area contributed by atoms with Crippen LogP contribution >= 0.6 is 0 Å². The van der Waals surface area contributed by atoms with Crippen LogP contribution in [0.25, 0.3) is 0 Å². The number of benzene rings is 2. The third-order valence-corrected chi connectivity index (χ3v) is 10.5. The predicted octanol–water partition coefficient (Wildman–Crippen LogP) is 5.11. The number of carbonyl (C=O) groups is 1. The molecule has 1 heterocycles. The van der Waals surface area contributed by atoms with E-state index in [9.17, 15) is 48.0 Å². The number of likely N-dealkylation sites (tertiary alicyclic amines) is 1. The number of halogens is 6. The number of alkyl halides is 6. The number of carbonyl (C=O) groups excluding carboxylic acids is 1. The van der Waals surface area contributed by atoms with Gasteiger partial charge in [0.05, 0.1) is 25.7 Å². The monoisotopic (exact) mass is 601 g/mol. The summed E-state index contributed by atoms with van der Waals surface area (Å²) in [6, 6.07) is 5.77. The first kappa shape index (κ1) is 30.7. The summed E-state index contributed by atoms with van der Waals surface area (Å²) in [6.45, 7) is 2.75. The lowest BCUT2D eigenvalue weighted by atomic mass is 9.85. The van der Waals surface area contributed by atoms with Crippen molar-refractivity contribution in [2.45, 2.75) is 53.8 Å². The molecule has 2 aromatic rings. The van der Waals surface area contributed by atoms with Crippen LogP contribution in [-0.4, -0.2) is 58.1 Å². The first-order valence-corrected chi connectivity index (χ1v) is 14.8. The molecule has 39 heavy (non-hydrogen) atoms. The summed E-state index contributed by atoms with van der Waals surface area (Å²) in [6.07, 6.45) is -8.84. The Bertz CT molecular complexity index is 1460. The van der Waals surface area contributed by atoms with Gasteiger partial charge in [-0.2, -0.15) is 13.2 Å². The highest BCUT2D eigenvalue weighted by atomic mass is 32.2. The van der Waals surface area contributed by atoms with E-state index < -0.39 is 69.9 Å². The molecule has 216 valence electrons. The van der Waals surface area contributed by atoms with E-state index in [0.29, 0.717) is 12.1 Å². The highest BCUT2D eigenvalue weighted by Crippen LogP contribution is 2.40. The van der Waals surface area contributed by atoms with Gasteiger partial charge in [-0.3, -0.25) is 4.79 Å². The molecule has 7 nitrogen and oxygen atoms in total. The molecular formula is C24H25F6NO6S2. The molecule has 0 radical (unpaired) electrons. The van der Waals surface area contributed by atoms with E-state index in [4.69, 9.17) is 0 Å². The number of hydrogen-bond acceptors (Lipinski definition) is 6. The largest absolute Gasteiger partial charge is 0.573 e. The van der Waals surface area contributed by atoms with E-state index in [2.05, 4.69) is 4.74 Å². The summed E-state index contributed by atoms with van der Waals surface area (Å²) in [5.74, 6) is -2.18. The first-order valence-electron chi connectivity index (χ1n) is 11.5. The zero-order chi connectivity index (χ0) is 29.6. The van der Waals surface area contributed by atoms with Crippen molar-refractivity contribution in [2.75, 3.05) is 19.3 Å². The third kappa shape index (κ3) is 6.68. The quantitative estimate of drug-likeness (QED) is 0.427. The summed E-state index contributed by atoms with van der Waals surface area (Å²) < 4.78 is 131. The van der Waals surface area contributed by atoms with Crippen molar-refractivity contribution in [2.24, 2.45) is 5.92 Å². The molecule has 1 amide bonds. The summed E-state index contributed by atoms with van der Waals surface area (Å²) >= 11 is 0. The molecule has 0 unspecified atom stereocenters. The van der Waals surface area contributed by atoms with Gasteiger partial charge in [0.15, 0.2) is 19.7 Å². The summed E-state index contributed by atoms with van der Waals surface area (Å²) in [4.78, 5) is 13.2. The molecule has 0 aliphatic carbocycles. The zero-order valence-electron chi connectivity index (χ0n) is 20.9. The van der Waals surface area contributed by atoms with Gasteiger partial charge in [-0.25, -0.2) is 16.8 Å². The van der Waals surface area contributed by atoms with Gasteiger partial charge >= 0.3 is 12.5 Å². The molecule has 0 spiro atoms. The molecule has 0 bridgehead atoms. The summed E-state index contributed by atoms with van der Waals surface area (Å²) in [5.41, 5.74) is -1.48. The second kappa shape index (κ2) is 10.3. The molecule has 0 atom stereocenters. The Labute approximate surface area is 221 Å².